The second-order valence-electron chi connectivity index (χ2n) is 5.72. The Morgan fingerprint density at radius 1 is 1.09 bits per heavy atom. The van der Waals surface area contributed by atoms with Gasteiger partial charge >= 0.3 is 0 Å². The van der Waals surface area contributed by atoms with Crippen LogP contribution in [-0.2, 0) is 10.0 Å². The Hall–Kier alpha value is -2.08. The van der Waals surface area contributed by atoms with Gasteiger partial charge in [0.2, 0.25) is 0 Å². The summed E-state index contributed by atoms with van der Waals surface area (Å²) >= 11 is 0. The van der Waals surface area contributed by atoms with Crippen molar-refractivity contribution in [2.24, 2.45) is 11.0 Å². The van der Waals surface area contributed by atoms with Crippen LogP contribution in [0.4, 0.5) is 0 Å². The monoisotopic (exact) mass is 316 g/mol. The molecule has 1 aromatic carbocycles. The minimum Gasteiger partial charge on any atom is -0.463 e. The predicted octanol–water partition coefficient (Wildman–Crippen LogP) is 2.86. The third-order valence-corrected chi connectivity index (χ3v) is 5.88. The molecule has 0 bridgehead atoms. The zero-order valence-electron chi connectivity index (χ0n) is 11.9. The highest BCUT2D eigenvalue weighted by Gasteiger charge is 2.45. The Bertz CT molecular complexity index is 793. The molecule has 0 saturated heterocycles. The summed E-state index contributed by atoms with van der Waals surface area (Å²) in [6, 6.07) is 12.0. The summed E-state index contributed by atoms with van der Waals surface area (Å²) in [6.07, 6.45) is 4.32. The van der Waals surface area contributed by atoms with Crippen molar-refractivity contribution in [3.05, 3.63) is 54.5 Å². The maximum atomic E-state index is 12.9. The first kappa shape index (κ1) is 13.6. The van der Waals surface area contributed by atoms with Crippen molar-refractivity contribution in [1.29, 1.82) is 0 Å². The van der Waals surface area contributed by atoms with Gasteiger partial charge in [-0.05, 0) is 43.0 Å². The van der Waals surface area contributed by atoms with Gasteiger partial charge in [-0.2, -0.15) is 17.9 Å². The smallest absolute Gasteiger partial charge is 0.279 e. The second kappa shape index (κ2) is 4.98. The van der Waals surface area contributed by atoms with Crippen LogP contribution in [0, 0.1) is 5.92 Å². The number of rotatable bonds is 4. The quantitative estimate of drug-likeness (QED) is 0.871. The van der Waals surface area contributed by atoms with Gasteiger partial charge in [-0.1, -0.05) is 18.2 Å². The highest BCUT2D eigenvalue weighted by atomic mass is 32.2. The van der Waals surface area contributed by atoms with Crippen LogP contribution in [0.1, 0.15) is 25.0 Å². The maximum absolute atomic E-state index is 12.9. The lowest BCUT2D eigenvalue weighted by Gasteiger charge is -2.22. The Kier molecular flexibility index (Phi) is 3.07. The van der Waals surface area contributed by atoms with Crippen LogP contribution in [0.15, 0.2) is 63.1 Å². The summed E-state index contributed by atoms with van der Waals surface area (Å²) in [6.45, 7) is 0. The molecule has 1 atom stereocenters. The number of hydrogen-bond donors (Lipinski definition) is 0. The van der Waals surface area contributed by atoms with Crippen LogP contribution in [0.5, 0.6) is 0 Å². The van der Waals surface area contributed by atoms with Crippen molar-refractivity contribution in [2.75, 3.05) is 0 Å². The summed E-state index contributed by atoms with van der Waals surface area (Å²) in [5, 5.41) is 4.39. The third kappa shape index (κ3) is 2.23. The molecule has 0 N–H and O–H groups in total. The van der Waals surface area contributed by atoms with Crippen molar-refractivity contribution in [2.45, 2.75) is 30.2 Å². The summed E-state index contributed by atoms with van der Waals surface area (Å²) < 4.78 is 32.4. The third-order valence-electron chi connectivity index (χ3n) is 4.16. The number of sulfonamides is 1. The maximum Gasteiger partial charge on any atom is 0.279 e. The zero-order valence-corrected chi connectivity index (χ0v) is 12.7. The Morgan fingerprint density at radius 3 is 2.50 bits per heavy atom. The first-order valence-corrected chi connectivity index (χ1v) is 8.81. The fourth-order valence-electron chi connectivity index (χ4n) is 2.86. The molecule has 4 rings (SSSR count). The van der Waals surface area contributed by atoms with Crippen molar-refractivity contribution >= 4 is 15.7 Å². The van der Waals surface area contributed by atoms with E-state index in [0.717, 1.165) is 12.8 Å². The molecule has 1 saturated carbocycles. The number of furan rings is 1. The molecule has 1 aliphatic heterocycles. The molecule has 0 unspecified atom stereocenters. The molecule has 114 valence electrons. The number of nitrogens with zero attached hydrogens (tertiary/aromatic N) is 2. The van der Waals surface area contributed by atoms with E-state index < -0.39 is 10.0 Å². The highest BCUT2D eigenvalue weighted by Crippen LogP contribution is 2.42. The molecule has 2 heterocycles. The van der Waals surface area contributed by atoms with Gasteiger partial charge in [0.25, 0.3) is 10.0 Å². The molecule has 0 spiro atoms. The largest absolute Gasteiger partial charge is 0.463 e. The molecule has 1 fully saturated rings. The molecule has 5 nitrogen and oxygen atoms in total. The van der Waals surface area contributed by atoms with Crippen LogP contribution < -0.4 is 0 Å². The normalized spacial score (nSPS) is 21.9. The van der Waals surface area contributed by atoms with Crippen LogP contribution >= 0.6 is 0 Å². The fraction of sp³-hybridized carbons (Fsp3) is 0.312. The van der Waals surface area contributed by atoms with Crippen molar-refractivity contribution < 1.29 is 12.8 Å². The lowest BCUT2D eigenvalue weighted by atomic mass is 10.1. The molecule has 0 radical (unpaired) electrons. The van der Waals surface area contributed by atoms with Crippen LogP contribution in [0.2, 0.25) is 0 Å². The SMILES string of the molecule is O=S(=O)(c1ccccc1)N1N=C(c2ccco2)C[C@H]1C1CC1. The fourth-order valence-corrected chi connectivity index (χ4v) is 4.39. The number of benzene rings is 1. The molecule has 22 heavy (non-hydrogen) atoms. The van der Waals surface area contributed by atoms with E-state index >= 15 is 0 Å². The number of hydrogen-bond acceptors (Lipinski definition) is 4. The molecule has 6 heteroatoms. The molecule has 1 aliphatic carbocycles. The molecular formula is C16H16N2O3S. The van der Waals surface area contributed by atoms with E-state index in [0.29, 0.717) is 23.8 Å². The van der Waals surface area contributed by atoms with Gasteiger partial charge in [0.15, 0.2) is 0 Å². The lowest BCUT2D eigenvalue weighted by molar-refractivity contribution is 0.333. The first-order chi connectivity index (χ1) is 10.7. The van der Waals surface area contributed by atoms with Gasteiger partial charge in [-0.15, -0.1) is 0 Å². The molecular weight excluding hydrogens is 300 g/mol. The van der Waals surface area contributed by atoms with Crippen molar-refractivity contribution in [3.8, 4) is 0 Å². The predicted molar refractivity (Wildman–Crippen MR) is 81.8 cm³/mol. The Balaban J connectivity index is 1.74. The van der Waals surface area contributed by atoms with E-state index in [9.17, 15) is 8.42 Å². The highest BCUT2D eigenvalue weighted by molar-refractivity contribution is 7.89. The molecule has 2 aromatic rings. The van der Waals surface area contributed by atoms with Crippen LogP contribution in [0.25, 0.3) is 0 Å². The first-order valence-electron chi connectivity index (χ1n) is 7.37. The van der Waals surface area contributed by atoms with Gasteiger partial charge in [0.05, 0.1) is 17.2 Å². The Morgan fingerprint density at radius 2 is 1.86 bits per heavy atom. The lowest BCUT2D eigenvalue weighted by Crippen LogP contribution is -2.34. The summed E-state index contributed by atoms with van der Waals surface area (Å²) in [5.41, 5.74) is 0.710. The minimum atomic E-state index is -3.61. The van der Waals surface area contributed by atoms with Crippen molar-refractivity contribution in [3.63, 3.8) is 0 Å². The van der Waals surface area contributed by atoms with Gasteiger partial charge in [0.1, 0.15) is 11.5 Å². The van der Waals surface area contributed by atoms with Crippen molar-refractivity contribution in [1.82, 2.24) is 4.41 Å². The van der Waals surface area contributed by atoms with Crippen LogP contribution in [0.3, 0.4) is 0 Å². The number of hydrazone groups is 1. The molecule has 1 aromatic heterocycles. The Labute approximate surface area is 129 Å². The van der Waals surface area contributed by atoms with E-state index in [4.69, 9.17) is 4.42 Å². The van der Waals surface area contributed by atoms with Gasteiger partial charge < -0.3 is 4.42 Å². The molecule has 2 aliphatic rings. The standard InChI is InChI=1S/C16H16N2O3S/c19-22(20,13-5-2-1-3-6-13)18-15(12-8-9-12)11-14(17-18)16-7-4-10-21-16/h1-7,10,12,15H,8-9,11H2/t15-/m0/s1. The van der Waals surface area contributed by atoms with E-state index in [1.54, 1.807) is 42.7 Å². The van der Waals surface area contributed by atoms with E-state index in [1.165, 1.54) is 4.41 Å². The molecule has 0 amide bonds. The van der Waals surface area contributed by atoms with E-state index in [1.807, 2.05) is 6.07 Å². The topological polar surface area (TPSA) is 62.9 Å². The second-order valence-corrected chi connectivity index (χ2v) is 7.52. The summed E-state index contributed by atoms with van der Waals surface area (Å²) in [5.74, 6) is 1.05. The van der Waals surface area contributed by atoms with E-state index in [2.05, 4.69) is 5.10 Å². The van der Waals surface area contributed by atoms with Gasteiger partial charge in [-0.3, -0.25) is 0 Å². The minimum absolute atomic E-state index is 0.0923. The van der Waals surface area contributed by atoms with E-state index in [-0.39, 0.29) is 10.9 Å². The summed E-state index contributed by atoms with van der Waals surface area (Å²) in [4.78, 5) is 0.282. The average molecular weight is 316 g/mol. The van der Waals surface area contributed by atoms with Crippen LogP contribution in [-0.4, -0.2) is 24.6 Å². The van der Waals surface area contributed by atoms with Gasteiger partial charge in [0, 0.05) is 6.42 Å². The zero-order chi connectivity index (χ0) is 15.2. The van der Waals surface area contributed by atoms with Gasteiger partial charge in [-0.25, -0.2) is 0 Å². The summed E-state index contributed by atoms with van der Waals surface area (Å²) in [7, 11) is -3.61. The average Bonchev–Trinajstić information content (AvgIpc) is 3.05.